The molecule has 1 heterocycles. The Bertz CT molecular complexity index is 1180. The Hall–Kier alpha value is -3.64. The van der Waals surface area contributed by atoms with E-state index in [0.717, 1.165) is 22.3 Å². The van der Waals surface area contributed by atoms with Crippen LogP contribution in [0.25, 0.3) is 0 Å². The van der Waals surface area contributed by atoms with Crippen molar-refractivity contribution in [2.75, 3.05) is 26.1 Å². The quantitative estimate of drug-likeness (QED) is 0.225. The number of hydrogen-bond acceptors (Lipinski definition) is 9. The number of amidine groups is 1. The summed E-state index contributed by atoms with van der Waals surface area (Å²) < 4.78 is 16.3. The number of anilines is 1. The van der Waals surface area contributed by atoms with Gasteiger partial charge in [0.2, 0.25) is 0 Å². The Balaban J connectivity index is 1.58. The molecule has 10 nitrogen and oxygen atoms in total. The number of carbonyl (C=O) groups excluding carboxylic acids is 3. The summed E-state index contributed by atoms with van der Waals surface area (Å²) in [5.74, 6) is -0.630. The lowest BCUT2D eigenvalue weighted by atomic mass is 10.2. The van der Waals surface area contributed by atoms with Crippen LogP contribution in [0.15, 0.2) is 68.1 Å². The lowest BCUT2D eigenvalue weighted by molar-refractivity contribution is -0.135. The monoisotopic (exact) mass is 546 g/mol. The highest BCUT2D eigenvalue weighted by atomic mass is 79.9. The Kier molecular flexibility index (Phi) is 8.82. The number of benzene rings is 2. The molecule has 2 aromatic rings. The van der Waals surface area contributed by atoms with Crippen molar-refractivity contribution in [2.45, 2.75) is 0 Å². The van der Waals surface area contributed by atoms with Crippen LogP contribution >= 0.6 is 27.7 Å². The molecule has 1 fully saturated rings. The van der Waals surface area contributed by atoms with Gasteiger partial charge in [-0.3, -0.25) is 14.9 Å². The van der Waals surface area contributed by atoms with E-state index in [0.29, 0.717) is 22.7 Å². The molecule has 0 atom stereocenters. The van der Waals surface area contributed by atoms with E-state index in [1.807, 2.05) is 12.1 Å². The summed E-state index contributed by atoms with van der Waals surface area (Å²) in [5, 5.41) is 13.3. The molecule has 1 saturated heterocycles. The van der Waals surface area contributed by atoms with Crippen LogP contribution in [0.1, 0.15) is 5.56 Å². The zero-order valence-electron chi connectivity index (χ0n) is 18.0. The molecule has 2 N–H and O–H groups in total. The van der Waals surface area contributed by atoms with Crippen molar-refractivity contribution >= 4 is 62.5 Å². The van der Waals surface area contributed by atoms with Gasteiger partial charge in [0.25, 0.3) is 11.8 Å². The van der Waals surface area contributed by atoms with Crippen LogP contribution in [0.3, 0.4) is 0 Å². The van der Waals surface area contributed by atoms with E-state index in [-0.39, 0.29) is 22.6 Å². The van der Waals surface area contributed by atoms with Crippen molar-refractivity contribution in [1.29, 1.82) is 0 Å². The molecule has 0 spiro atoms. The van der Waals surface area contributed by atoms with Gasteiger partial charge >= 0.3 is 5.97 Å². The minimum Gasteiger partial charge on any atom is -0.493 e. The van der Waals surface area contributed by atoms with Gasteiger partial charge in [0, 0.05) is 16.2 Å². The van der Waals surface area contributed by atoms with Crippen LogP contribution in [0.5, 0.6) is 11.5 Å². The average molecular weight is 547 g/mol. The highest BCUT2D eigenvalue weighted by Gasteiger charge is 2.25. The molecule has 3 rings (SSSR count). The first kappa shape index (κ1) is 25.0. The number of hydrogen-bond donors (Lipinski definition) is 2. The number of nitrogens with zero attached hydrogens (tertiary/aromatic N) is 2. The molecule has 1 aliphatic rings. The molecule has 2 amide bonds. The topological polar surface area (TPSA) is 128 Å². The second kappa shape index (κ2) is 12.0. The van der Waals surface area contributed by atoms with Crippen molar-refractivity contribution in [2.24, 2.45) is 10.2 Å². The fourth-order valence-electron chi connectivity index (χ4n) is 2.55. The fourth-order valence-corrected chi connectivity index (χ4v) is 3.55. The van der Waals surface area contributed by atoms with Gasteiger partial charge < -0.3 is 19.5 Å². The van der Waals surface area contributed by atoms with Gasteiger partial charge in [-0.1, -0.05) is 15.9 Å². The van der Waals surface area contributed by atoms with Gasteiger partial charge in [-0.05, 0) is 59.8 Å². The smallest absolute Gasteiger partial charge is 0.331 e. The van der Waals surface area contributed by atoms with Crippen molar-refractivity contribution in [3.8, 4) is 11.5 Å². The minimum absolute atomic E-state index is 0.160. The molecule has 12 heteroatoms. The summed E-state index contributed by atoms with van der Waals surface area (Å²) in [4.78, 5) is 35.4. The molecule has 1 aliphatic heterocycles. The van der Waals surface area contributed by atoms with Crippen molar-refractivity contribution in [3.63, 3.8) is 0 Å². The number of ether oxygens (including phenoxy) is 3. The Labute approximate surface area is 207 Å². The molecule has 0 radical (unpaired) electrons. The number of thioether (sulfide) groups is 1. The zero-order chi connectivity index (χ0) is 24.5. The number of esters is 1. The maximum Gasteiger partial charge on any atom is 0.331 e. The summed E-state index contributed by atoms with van der Waals surface area (Å²) in [7, 11) is 2.70. The molecular weight excluding hydrogens is 528 g/mol. The normalized spacial score (nSPS) is 15.4. The van der Waals surface area contributed by atoms with Crippen LogP contribution in [0.4, 0.5) is 5.69 Å². The number of nitrogens with one attached hydrogen (secondary N) is 2. The van der Waals surface area contributed by atoms with Crippen molar-refractivity contribution in [1.82, 2.24) is 5.32 Å². The Morgan fingerprint density at radius 2 is 1.91 bits per heavy atom. The fraction of sp³-hybridized carbons (Fsp3) is 0.136. The molecule has 0 aliphatic carbocycles. The molecule has 0 bridgehead atoms. The van der Waals surface area contributed by atoms with Crippen LogP contribution in [-0.4, -0.2) is 50.0 Å². The predicted octanol–water partition coefficient (Wildman–Crippen LogP) is 3.09. The number of methoxy groups -OCH3 is 2. The highest BCUT2D eigenvalue weighted by molar-refractivity contribution is 9.10. The number of halogens is 1. The van der Waals surface area contributed by atoms with Gasteiger partial charge in [0.15, 0.2) is 23.3 Å². The maximum atomic E-state index is 12.1. The predicted molar refractivity (Wildman–Crippen MR) is 132 cm³/mol. The lowest BCUT2D eigenvalue weighted by Crippen LogP contribution is -2.20. The largest absolute Gasteiger partial charge is 0.493 e. The Morgan fingerprint density at radius 3 is 2.62 bits per heavy atom. The molecule has 0 saturated carbocycles. The van der Waals surface area contributed by atoms with E-state index in [1.54, 1.807) is 30.3 Å². The van der Waals surface area contributed by atoms with Crippen molar-refractivity contribution < 1.29 is 28.6 Å². The summed E-state index contributed by atoms with van der Waals surface area (Å²) in [6, 6.07) is 12.2. The van der Waals surface area contributed by atoms with Gasteiger partial charge in [-0.2, -0.15) is 5.10 Å². The highest BCUT2D eigenvalue weighted by Crippen LogP contribution is 2.28. The number of carbonyl (C=O) groups is 3. The third-order valence-electron chi connectivity index (χ3n) is 4.13. The maximum absolute atomic E-state index is 12.1. The zero-order valence-corrected chi connectivity index (χ0v) is 20.4. The standard InChI is InChI=1S/C22H19BrN4O6S/c1-31-17-9-13(11-24-27-22-26-21(30)18(34-22)10-20(29)32-2)3-8-16(17)33-12-19(28)25-15-6-4-14(23)5-7-15/h3-11H,12H2,1-2H3,(H,25,28)(H,26,27,30)/b18-10+,24-11?. The SMILES string of the molecule is COC(=O)/C=C1/S/C(=N\N=Cc2ccc(OCC(=O)Nc3ccc(Br)cc3)c(OC)c2)NC1=O. The number of rotatable bonds is 8. The molecule has 34 heavy (non-hydrogen) atoms. The summed E-state index contributed by atoms with van der Waals surface area (Å²) in [5.41, 5.74) is 1.30. The van der Waals surface area contributed by atoms with E-state index < -0.39 is 11.9 Å². The average Bonchev–Trinajstić information content (AvgIpc) is 3.18. The molecule has 0 unspecified atom stereocenters. The number of amides is 2. The van der Waals surface area contributed by atoms with Gasteiger partial charge in [0.05, 0.1) is 25.3 Å². The van der Waals surface area contributed by atoms with E-state index >= 15 is 0 Å². The summed E-state index contributed by atoms with van der Waals surface area (Å²) in [6.45, 7) is -0.203. The lowest BCUT2D eigenvalue weighted by Gasteiger charge is -2.11. The van der Waals surface area contributed by atoms with Gasteiger partial charge in [-0.15, -0.1) is 5.10 Å². The van der Waals surface area contributed by atoms with E-state index in [2.05, 4.69) is 41.5 Å². The second-order valence-corrected chi connectivity index (χ2v) is 8.44. The first-order chi connectivity index (χ1) is 16.4. The third-order valence-corrected chi connectivity index (χ3v) is 5.56. The van der Waals surface area contributed by atoms with Crippen LogP contribution in [-0.2, 0) is 19.1 Å². The van der Waals surface area contributed by atoms with E-state index in [9.17, 15) is 14.4 Å². The van der Waals surface area contributed by atoms with E-state index in [4.69, 9.17) is 9.47 Å². The van der Waals surface area contributed by atoms with E-state index in [1.165, 1.54) is 20.4 Å². The molecule has 176 valence electrons. The van der Waals surface area contributed by atoms with Gasteiger partial charge in [0.1, 0.15) is 0 Å². The molecular formula is C22H19BrN4O6S. The van der Waals surface area contributed by atoms with Crippen LogP contribution in [0, 0.1) is 0 Å². The molecule has 2 aromatic carbocycles. The van der Waals surface area contributed by atoms with Crippen molar-refractivity contribution in [3.05, 3.63) is 63.5 Å². The van der Waals surface area contributed by atoms with Crippen LogP contribution < -0.4 is 20.1 Å². The summed E-state index contributed by atoms with van der Waals surface area (Å²) in [6.07, 6.45) is 2.53. The first-order valence-electron chi connectivity index (χ1n) is 9.64. The second-order valence-electron chi connectivity index (χ2n) is 6.49. The Morgan fingerprint density at radius 1 is 1.15 bits per heavy atom. The van der Waals surface area contributed by atoms with Crippen LogP contribution in [0.2, 0.25) is 0 Å². The minimum atomic E-state index is -0.636. The summed E-state index contributed by atoms with van der Waals surface area (Å²) >= 11 is 4.31. The first-order valence-corrected chi connectivity index (χ1v) is 11.2. The molecule has 0 aromatic heterocycles. The third kappa shape index (κ3) is 7.18. The van der Waals surface area contributed by atoms with Gasteiger partial charge in [-0.25, -0.2) is 4.79 Å².